The maximum absolute atomic E-state index is 12.2. The summed E-state index contributed by atoms with van der Waals surface area (Å²) in [7, 11) is -3.54. The maximum Gasteiger partial charge on any atom is 0.269 e. The van der Waals surface area contributed by atoms with Crippen LogP contribution < -0.4 is 4.72 Å². The van der Waals surface area contributed by atoms with Crippen LogP contribution in [0.5, 0.6) is 0 Å². The van der Waals surface area contributed by atoms with Gasteiger partial charge in [-0.1, -0.05) is 31.2 Å². The SMILES string of the molecule is CCc1ccc(S(=O)(=O)NCCc2ccc([N+](=O)[O-])cc2)cc1. The van der Waals surface area contributed by atoms with E-state index in [-0.39, 0.29) is 17.1 Å². The predicted molar refractivity (Wildman–Crippen MR) is 87.8 cm³/mol. The first kappa shape index (κ1) is 17.1. The van der Waals surface area contributed by atoms with Gasteiger partial charge in [-0.15, -0.1) is 0 Å². The Bertz CT molecular complexity index is 769. The number of rotatable bonds is 7. The molecule has 0 amide bonds. The molecule has 0 saturated carbocycles. The molecular weight excluding hydrogens is 316 g/mol. The van der Waals surface area contributed by atoms with Crippen molar-refractivity contribution >= 4 is 15.7 Å². The fraction of sp³-hybridized carbons (Fsp3) is 0.250. The molecule has 2 aromatic rings. The smallest absolute Gasteiger partial charge is 0.258 e. The van der Waals surface area contributed by atoms with Gasteiger partial charge in [0.2, 0.25) is 10.0 Å². The van der Waals surface area contributed by atoms with E-state index >= 15 is 0 Å². The van der Waals surface area contributed by atoms with Crippen molar-refractivity contribution < 1.29 is 13.3 Å². The lowest BCUT2D eigenvalue weighted by molar-refractivity contribution is -0.384. The number of benzene rings is 2. The van der Waals surface area contributed by atoms with E-state index in [1.165, 1.54) is 12.1 Å². The second-order valence-electron chi connectivity index (χ2n) is 5.07. The summed E-state index contributed by atoms with van der Waals surface area (Å²) in [6, 6.07) is 12.8. The van der Waals surface area contributed by atoms with Crippen LogP contribution in [-0.2, 0) is 22.9 Å². The number of nitro benzene ring substituents is 1. The van der Waals surface area contributed by atoms with Gasteiger partial charge in [0.25, 0.3) is 5.69 Å². The third-order valence-electron chi connectivity index (χ3n) is 3.49. The molecule has 0 aliphatic heterocycles. The lowest BCUT2D eigenvalue weighted by Gasteiger charge is -2.07. The molecule has 2 rings (SSSR count). The zero-order chi connectivity index (χ0) is 16.9. The summed E-state index contributed by atoms with van der Waals surface area (Å²) < 4.78 is 26.9. The van der Waals surface area contributed by atoms with Gasteiger partial charge in [-0.3, -0.25) is 10.1 Å². The molecule has 0 bridgehead atoms. The molecule has 6 nitrogen and oxygen atoms in total. The topological polar surface area (TPSA) is 89.3 Å². The fourth-order valence-electron chi connectivity index (χ4n) is 2.10. The standard InChI is InChI=1S/C16H18N2O4S/c1-2-13-5-9-16(10-6-13)23(21,22)17-12-11-14-3-7-15(8-4-14)18(19)20/h3-10,17H,2,11-12H2,1H3. The van der Waals surface area contributed by atoms with Crippen LogP contribution in [-0.4, -0.2) is 19.9 Å². The van der Waals surface area contributed by atoms with Gasteiger partial charge in [-0.05, 0) is 36.1 Å². The van der Waals surface area contributed by atoms with Crippen molar-refractivity contribution in [3.63, 3.8) is 0 Å². The van der Waals surface area contributed by atoms with Crippen molar-refractivity contribution in [2.75, 3.05) is 6.54 Å². The van der Waals surface area contributed by atoms with Crippen molar-refractivity contribution in [1.29, 1.82) is 0 Å². The summed E-state index contributed by atoms with van der Waals surface area (Å²) >= 11 is 0. The van der Waals surface area contributed by atoms with Crippen LogP contribution in [0.4, 0.5) is 5.69 Å². The minimum absolute atomic E-state index is 0.0188. The highest BCUT2D eigenvalue weighted by atomic mass is 32.2. The Morgan fingerprint density at radius 1 is 1.00 bits per heavy atom. The normalized spacial score (nSPS) is 11.3. The monoisotopic (exact) mass is 334 g/mol. The van der Waals surface area contributed by atoms with Crippen molar-refractivity contribution in [2.45, 2.75) is 24.7 Å². The minimum atomic E-state index is -3.54. The summed E-state index contributed by atoms with van der Waals surface area (Å²) in [6.07, 6.45) is 1.32. The van der Waals surface area contributed by atoms with E-state index in [0.29, 0.717) is 6.42 Å². The number of nitrogens with zero attached hydrogens (tertiary/aromatic N) is 1. The highest BCUT2D eigenvalue weighted by Crippen LogP contribution is 2.13. The number of hydrogen-bond donors (Lipinski definition) is 1. The van der Waals surface area contributed by atoms with E-state index < -0.39 is 14.9 Å². The molecule has 0 heterocycles. The molecule has 122 valence electrons. The molecule has 0 spiro atoms. The van der Waals surface area contributed by atoms with E-state index in [9.17, 15) is 18.5 Å². The summed E-state index contributed by atoms with van der Waals surface area (Å²) in [6.45, 7) is 2.24. The van der Waals surface area contributed by atoms with Gasteiger partial charge < -0.3 is 0 Å². The van der Waals surface area contributed by atoms with Gasteiger partial charge in [0.05, 0.1) is 9.82 Å². The van der Waals surface area contributed by atoms with Gasteiger partial charge in [0.1, 0.15) is 0 Å². The molecule has 0 fully saturated rings. The summed E-state index contributed by atoms with van der Waals surface area (Å²) in [4.78, 5) is 10.3. The highest BCUT2D eigenvalue weighted by Gasteiger charge is 2.13. The quantitative estimate of drug-likeness (QED) is 0.623. The van der Waals surface area contributed by atoms with Crippen LogP contribution in [0.2, 0.25) is 0 Å². The molecule has 0 aromatic heterocycles. The second-order valence-corrected chi connectivity index (χ2v) is 6.84. The number of sulfonamides is 1. The van der Waals surface area contributed by atoms with E-state index in [1.807, 2.05) is 6.92 Å². The van der Waals surface area contributed by atoms with E-state index in [0.717, 1.165) is 17.5 Å². The predicted octanol–water partition coefficient (Wildman–Crippen LogP) is 2.68. The van der Waals surface area contributed by atoms with Gasteiger partial charge >= 0.3 is 0 Å². The second kappa shape index (κ2) is 7.34. The highest BCUT2D eigenvalue weighted by molar-refractivity contribution is 7.89. The molecule has 0 aliphatic carbocycles. The number of non-ortho nitro benzene ring substituents is 1. The largest absolute Gasteiger partial charge is 0.269 e. The first-order valence-electron chi connectivity index (χ1n) is 7.24. The van der Waals surface area contributed by atoms with Gasteiger partial charge in [-0.2, -0.15) is 0 Å². The molecule has 0 radical (unpaired) electrons. The molecule has 0 atom stereocenters. The van der Waals surface area contributed by atoms with E-state index in [4.69, 9.17) is 0 Å². The lowest BCUT2D eigenvalue weighted by Crippen LogP contribution is -2.26. The fourth-order valence-corrected chi connectivity index (χ4v) is 3.13. The Morgan fingerprint density at radius 2 is 1.57 bits per heavy atom. The molecule has 0 aliphatic rings. The third kappa shape index (κ3) is 4.61. The average molecular weight is 334 g/mol. The first-order valence-corrected chi connectivity index (χ1v) is 8.72. The molecular formula is C16H18N2O4S. The molecule has 2 aromatic carbocycles. The van der Waals surface area contributed by atoms with Gasteiger partial charge in [0.15, 0.2) is 0 Å². The number of nitrogens with one attached hydrogen (secondary N) is 1. The molecule has 7 heteroatoms. The van der Waals surface area contributed by atoms with Crippen molar-refractivity contribution in [1.82, 2.24) is 4.72 Å². The zero-order valence-corrected chi connectivity index (χ0v) is 13.5. The summed E-state index contributed by atoms with van der Waals surface area (Å²) in [5, 5.41) is 10.6. The van der Waals surface area contributed by atoms with Crippen molar-refractivity contribution in [2.24, 2.45) is 0 Å². The van der Waals surface area contributed by atoms with Crippen molar-refractivity contribution in [3.05, 3.63) is 69.8 Å². The Hall–Kier alpha value is -2.25. The summed E-state index contributed by atoms with van der Waals surface area (Å²) in [5.41, 5.74) is 1.93. The van der Waals surface area contributed by atoms with E-state index in [1.54, 1.807) is 36.4 Å². The van der Waals surface area contributed by atoms with Gasteiger partial charge in [0, 0.05) is 18.7 Å². The van der Waals surface area contributed by atoms with Crippen LogP contribution in [0, 0.1) is 10.1 Å². The van der Waals surface area contributed by atoms with Gasteiger partial charge in [-0.25, -0.2) is 13.1 Å². The Labute approximate surface area is 135 Å². The lowest BCUT2D eigenvalue weighted by atomic mass is 10.1. The Morgan fingerprint density at radius 3 is 2.09 bits per heavy atom. The van der Waals surface area contributed by atoms with Crippen molar-refractivity contribution in [3.8, 4) is 0 Å². The van der Waals surface area contributed by atoms with E-state index in [2.05, 4.69) is 4.72 Å². The zero-order valence-electron chi connectivity index (χ0n) is 12.7. The van der Waals surface area contributed by atoms with Crippen LogP contribution in [0.3, 0.4) is 0 Å². The van der Waals surface area contributed by atoms with Crippen LogP contribution in [0.25, 0.3) is 0 Å². The third-order valence-corrected chi connectivity index (χ3v) is 4.97. The summed E-state index contributed by atoms with van der Waals surface area (Å²) in [5.74, 6) is 0. The minimum Gasteiger partial charge on any atom is -0.258 e. The molecule has 23 heavy (non-hydrogen) atoms. The Balaban J connectivity index is 1.95. The molecule has 0 unspecified atom stereocenters. The number of nitro groups is 1. The molecule has 0 saturated heterocycles. The van der Waals surface area contributed by atoms with Crippen LogP contribution in [0.15, 0.2) is 53.4 Å². The number of hydrogen-bond acceptors (Lipinski definition) is 4. The molecule has 1 N–H and O–H groups in total. The van der Waals surface area contributed by atoms with Crippen LogP contribution >= 0.6 is 0 Å². The maximum atomic E-state index is 12.2. The first-order chi connectivity index (χ1) is 10.9. The number of aryl methyl sites for hydroxylation is 1. The van der Waals surface area contributed by atoms with Crippen LogP contribution in [0.1, 0.15) is 18.1 Å². The Kier molecular flexibility index (Phi) is 5.46. The average Bonchev–Trinajstić information content (AvgIpc) is 2.55.